The van der Waals surface area contributed by atoms with E-state index in [0.29, 0.717) is 0 Å². The zero-order valence-electron chi connectivity index (χ0n) is 20.4. The number of thiophene rings is 2. The first-order valence-electron chi connectivity index (χ1n) is 12.4. The van der Waals surface area contributed by atoms with Gasteiger partial charge in [-0.3, -0.25) is 0 Å². The summed E-state index contributed by atoms with van der Waals surface area (Å²) in [5.74, 6) is 0. The number of aromatic nitrogens is 2. The molecular weight excluding hydrogens is 489 g/mol. The number of nitrogens with zero attached hydrogens (tertiary/aromatic N) is 2. The lowest BCUT2D eigenvalue weighted by Gasteiger charge is -2.06. The molecule has 0 saturated carbocycles. The number of allylic oxidation sites excluding steroid dienone is 1. The van der Waals surface area contributed by atoms with E-state index in [1.165, 1.54) is 58.0 Å². The lowest BCUT2D eigenvalue weighted by atomic mass is 10.1. The van der Waals surface area contributed by atoms with Crippen molar-refractivity contribution in [1.82, 2.24) is 9.13 Å². The third kappa shape index (κ3) is 3.37. The minimum Gasteiger partial charge on any atom is -0.301 e. The van der Waals surface area contributed by atoms with Gasteiger partial charge in [-0.05, 0) is 55.5 Å². The second-order valence-electron chi connectivity index (χ2n) is 9.00. The monoisotopic (exact) mass is 512 g/mol. The van der Waals surface area contributed by atoms with Crippen LogP contribution in [0.2, 0.25) is 0 Å². The fraction of sp³-hybridized carbons (Fsp3) is 0.0303. The lowest BCUT2D eigenvalue weighted by Crippen LogP contribution is -1.93. The number of para-hydroxylation sites is 3. The van der Waals surface area contributed by atoms with Crippen molar-refractivity contribution in [3.05, 3.63) is 121 Å². The number of hydrogen-bond acceptors (Lipinski definition) is 2. The SMILES string of the molecule is C=Cc1c(/C=C\C)c2ccccc2n1-c1ccc(-c2ccc(-n3c4ccccc4c4ccccc43)s2)s1. The van der Waals surface area contributed by atoms with Gasteiger partial charge in [-0.2, -0.15) is 0 Å². The highest BCUT2D eigenvalue weighted by atomic mass is 32.1. The molecule has 178 valence electrons. The maximum absolute atomic E-state index is 4.15. The molecule has 4 heteroatoms. The molecule has 0 bridgehead atoms. The molecule has 7 rings (SSSR count). The Balaban J connectivity index is 1.36. The summed E-state index contributed by atoms with van der Waals surface area (Å²) >= 11 is 3.67. The number of rotatable bonds is 5. The second kappa shape index (κ2) is 8.77. The first-order valence-corrected chi connectivity index (χ1v) is 14.0. The van der Waals surface area contributed by atoms with Gasteiger partial charge in [0.15, 0.2) is 0 Å². The van der Waals surface area contributed by atoms with E-state index in [4.69, 9.17) is 0 Å². The highest BCUT2D eigenvalue weighted by molar-refractivity contribution is 7.24. The van der Waals surface area contributed by atoms with Gasteiger partial charge in [0.2, 0.25) is 0 Å². The molecule has 0 aliphatic heterocycles. The molecule has 3 aromatic carbocycles. The van der Waals surface area contributed by atoms with Crippen molar-refractivity contribution in [1.29, 1.82) is 0 Å². The molecule has 0 amide bonds. The summed E-state index contributed by atoms with van der Waals surface area (Å²) in [6.45, 7) is 6.21. The van der Waals surface area contributed by atoms with E-state index in [0.717, 1.165) is 5.69 Å². The van der Waals surface area contributed by atoms with E-state index in [1.807, 2.05) is 28.7 Å². The molecule has 0 aliphatic rings. The van der Waals surface area contributed by atoms with Crippen molar-refractivity contribution in [2.75, 3.05) is 0 Å². The van der Waals surface area contributed by atoms with Crippen LogP contribution in [0.3, 0.4) is 0 Å². The summed E-state index contributed by atoms with van der Waals surface area (Å²) in [7, 11) is 0. The zero-order valence-corrected chi connectivity index (χ0v) is 22.0. The summed E-state index contributed by atoms with van der Waals surface area (Å²) in [5.41, 5.74) is 6.04. The highest BCUT2D eigenvalue weighted by Gasteiger charge is 2.18. The van der Waals surface area contributed by atoms with Crippen LogP contribution in [-0.2, 0) is 0 Å². The van der Waals surface area contributed by atoms with Gasteiger partial charge in [0.25, 0.3) is 0 Å². The third-order valence-electron chi connectivity index (χ3n) is 6.93. The van der Waals surface area contributed by atoms with Crippen LogP contribution in [0.15, 0.2) is 110 Å². The zero-order chi connectivity index (χ0) is 24.9. The van der Waals surface area contributed by atoms with Gasteiger partial charge in [-0.15, -0.1) is 22.7 Å². The van der Waals surface area contributed by atoms with Crippen LogP contribution in [0.4, 0.5) is 0 Å². The smallest absolute Gasteiger partial charge is 0.101 e. The van der Waals surface area contributed by atoms with E-state index >= 15 is 0 Å². The van der Waals surface area contributed by atoms with Crippen LogP contribution in [0.5, 0.6) is 0 Å². The molecule has 0 N–H and O–H groups in total. The lowest BCUT2D eigenvalue weighted by molar-refractivity contribution is 1.14. The van der Waals surface area contributed by atoms with Crippen molar-refractivity contribution in [2.45, 2.75) is 6.92 Å². The van der Waals surface area contributed by atoms with Gasteiger partial charge in [0, 0.05) is 31.5 Å². The molecule has 37 heavy (non-hydrogen) atoms. The predicted molar refractivity (Wildman–Crippen MR) is 164 cm³/mol. The summed E-state index contributed by atoms with van der Waals surface area (Å²) in [5, 5.41) is 6.26. The van der Waals surface area contributed by atoms with Crippen LogP contribution in [-0.4, -0.2) is 9.13 Å². The Kier molecular flexibility index (Phi) is 5.24. The van der Waals surface area contributed by atoms with Gasteiger partial charge < -0.3 is 9.13 Å². The van der Waals surface area contributed by atoms with Crippen LogP contribution in [0.25, 0.3) is 64.6 Å². The summed E-state index contributed by atoms with van der Waals surface area (Å²) < 4.78 is 4.74. The standard InChI is InChI=1S/C33H24N2S2/c1-3-11-22-23-12-5-8-15-27(23)34(26(22)4-2)32-20-18-30(36-32)31-19-21-33(37-31)35-28-16-9-6-13-24(28)25-14-7-10-17-29(25)35/h3-21H,2H2,1H3/b11-3-. The first-order chi connectivity index (χ1) is 18.3. The molecule has 0 fully saturated rings. The minimum absolute atomic E-state index is 1.13. The quantitative estimate of drug-likeness (QED) is 0.217. The maximum Gasteiger partial charge on any atom is 0.101 e. The molecule has 0 aliphatic carbocycles. The van der Waals surface area contributed by atoms with E-state index in [9.17, 15) is 0 Å². The Morgan fingerprint density at radius 3 is 1.62 bits per heavy atom. The van der Waals surface area contributed by atoms with Crippen molar-refractivity contribution in [2.24, 2.45) is 0 Å². The largest absolute Gasteiger partial charge is 0.301 e. The number of benzene rings is 3. The Labute approximate surface area is 223 Å². The Hall–Kier alpha value is -4.12. The average molecular weight is 513 g/mol. The molecule has 0 unspecified atom stereocenters. The van der Waals surface area contributed by atoms with Crippen LogP contribution in [0.1, 0.15) is 18.2 Å². The fourth-order valence-electron chi connectivity index (χ4n) is 5.39. The van der Waals surface area contributed by atoms with Gasteiger partial charge >= 0.3 is 0 Å². The van der Waals surface area contributed by atoms with Gasteiger partial charge in [0.05, 0.1) is 22.2 Å². The molecule has 0 atom stereocenters. The molecule has 4 heterocycles. The molecular formula is C33H24N2S2. The molecule has 7 aromatic rings. The van der Waals surface area contributed by atoms with E-state index in [-0.39, 0.29) is 0 Å². The van der Waals surface area contributed by atoms with Gasteiger partial charge in [-0.25, -0.2) is 0 Å². The van der Waals surface area contributed by atoms with Crippen molar-refractivity contribution in [3.63, 3.8) is 0 Å². The Morgan fingerprint density at radius 1 is 0.595 bits per heavy atom. The first kappa shape index (κ1) is 22.1. The number of hydrogen-bond donors (Lipinski definition) is 0. The average Bonchev–Trinajstić information content (AvgIpc) is 3.72. The topological polar surface area (TPSA) is 9.86 Å². The van der Waals surface area contributed by atoms with E-state index in [1.54, 1.807) is 0 Å². The van der Waals surface area contributed by atoms with Gasteiger partial charge in [-0.1, -0.05) is 73.3 Å². The van der Waals surface area contributed by atoms with Crippen molar-refractivity contribution >= 4 is 67.5 Å². The molecule has 0 spiro atoms. The normalized spacial score (nSPS) is 11.9. The molecule has 4 aromatic heterocycles. The molecule has 0 saturated heterocycles. The Morgan fingerprint density at radius 2 is 1.08 bits per heavy atom. The predicted octanol–water partition coefficient (Wildman–Crippen LogP) is 10.2. The Bertz CT molecular complexity index is 1920. The van der Waals surface area contributed by atoms with Crippen LogP contribution >= 0.6 is 22.7 Å². The van der Waals surface area contributed by atoms with E-state index in [2.05, 4.69) is 132 Å². The highest BCUT2D eigenvalue weighted by Crippen LogP contribution is 2.41. The maximum atomic E-state index is 4.15. The van der Waals surface area contributed by atoms with Crippen molar-refractivity contribution in [3.8, 4) is 19.8 Å². The summed E-state index contributed by atoms with van der Waals surface area (Å²) in [6.07, 6.45) is 6.25. The summed E-state index contributed by atoms with van der Waals surface area (Å²) in [4.78, 5) is 2.55. The fourth-order valence-corrected chi connectivity index (χ4v) is 7.54. The third-order valence-corrected chi connectivity index (χ3v) is 9.26. The summed E-state index contributed by atoms with van der Waals surface area (Å²) in [6, 6.07) is 35.0. The number of fused-ring (bicyclic) bond motifs is 4. The van der Waals surface area contributed by atoms with Crippen molar-refractivity contribution < 1.29 is 0 Å². The minimum atomic E-state index is 1.13. The molecule has 2 nitrogen and oxygen atoms in total. The molecule has 0 radical (unpaired) electrons. The van der Waals surface area contributed by atoms with Gasteiger partial charge in [0.1, 0.15) is 10.0 Å². The van der Waals surface area contributed by atoms with Crippen LogP contribution in [0, 0.1) is 0 Å². The van der Waals surface area contributed by atoms with Crippen LogP contribution < -0.4 is 0 Å². The van der Waals surface area contributed by atoms with E-state index < -0.39 is 0 Å². The second-order valence-corrected chi connectivity index (χ2v) is 11.1.